The lowest BCUT2D eigenvalue weighted by Crippen LogP contribution is -2.52. The highest BCUT2D eigenvalue weighted by atomic mass is 16.2. The van der Waals surface area contributed by atoms with Gasteiger partial charge >= 0.3 is 0 Å². The molecule has 23 heavy (non-hydrogen) atoms. The number of fused-ring (bicyclic) bond motifs is 1. The summed E-state index contributed by atoms with van der Waals surface area (Å²) in [6.07, 6.45) is 8.95. The van der Waals surface area contributed by atoms with Crippen LogP contribution in [0.25, 0.3) is 0 Å². The van der Waals surface area contributed by atoms with E-state index in [-0.39, 0.29) is 18.1 Å². The van der Waals surface area contributed by atoms with Gasteiger partial charge in [-0.3, -0.25) is 9.69 Å². The van der Waals surface area contributed by atoms with Crippen LogP contribution >= 0.6 is 0 Å². The van der Waals surface area contributed by atoms with Gasteiger partial charge in [-0.2, -0.15) is 0 Å². The largest absolute Gasteiger partial charge is 0.392 e. The van der Waals surface area contributed by atoms with Crippen molar-refractivity contribution >= 4 is 12.0 Å². The third-order valence-corrected chi connectivity index (χ3v) is 5.75. The number of aliphatic hydroxyl groups excluding tert-OH is 1. The van der Waals surface area contributed by atoms with Gasteiger partial charge in [0.25, 0.3) is 0 Å². The van der Waals surface area contributed by atoms with Gasteiger partial charge in [0.1, 0.15) is 6.29 Å². The molecule has 3 aliphatic rings. The zero-order valence-electron chi connectivity index (χ0n) is 13.1. The second-order valence-electron chi connectivity index (χ2n) is 6.64. The predicted molar refractivity (Wildman–Crippen MR) is 90.5 cm³/mol. The maximum Gasteiger partial charge on any atom is 0.147 e. The summed E-state index contributed by atoms with van der Waals surface area (Å²) in [7, 11) is 0. The highest BCUT2D eigenvalue weighted by Crippen LogP contribution is 2.55. The summed E-state index contributed by atoms with van der Waals surface area (Å²) in [4.78, 5) is 14.1. The number of anilines is 1. The van der Waals surface area contributed by atoms with Crippen LogP contribution in [0.5, 0.6) is 0 Å². The van der Waals surface area contributed by atoms with Gasteiger partial charge in [0, 0.05) is 29.3 Å². The van der Waals surface area contributed by atoms with Crippen LogP contribution in [-0.2, 0) is 10.2 Å². The maximum absolute atomic E-state index is 11.6. The standard InChI is InChI=1S/C19H22N2O2/c22-12-4-3-10-21-11-9-19-15-5-1-2-6-16(15)20-18(19)14(13-23)7-8-17(19)21/h1-7,13,17-18,20,22H,8-12H2/b4-3+/t17-,18-,19+/m0/s1. The van der Waals surface area contributed by atoms with E-state index in [0.717, 1.165) is 37.8 Å². The lowest BCUT2D eigenvalue weighted by molar-refractivity contribution is -0.105. The number of likely N-dealkylation sites (tertiary alicyclic amines) is 1. The quantitative estimate of drug-likeness (QED) is 0.658. The zero-order valence-corrected chi connectivity index (χ0v) is 13.1. The van der Waals surface area contributed by atoms with Crippen LogP contribution in [0.3, 0.4) is 0 Å². The average molecular weight is 310 g/mol. The molecule has 120 valence electrons. The number of hydrogen-bond acceptors (Lipinski definition) is 4. The molecule has 0 amide bonds. The van der Waals surface area contributed by atoms with Crippen molar-refractivity contribution in [3.05, 3.63) is 53.6 Å². The first-order valence-electron chi connectivity index (χ1n) is 8.32. The topological polar surface area (TPSA) is 52.6 Å². The van der Waals surface area contributed by atoms with E-state index in [0.29, 0.717) is 6.04 Å². The molecule has 4 heteroatoms. The van der Waals surface area contributed by atoms with Crippen LogP contribution in [0.15, 0.2) is 48.1 Å². The number of benzene rings is 1. The second kappa shape index (κ2) is 5.62. The van der Waals surface area contributed by atoms with Gasteiger partial charge in [-0.05, 0) is 31.0 Å². The summed E-state index contributed by atoms with van der Waals surface area (Å²) in [5.74, 6) is 0. The van der Waals surface area contributed by atoms with Crippen molar-refractivity contribution in [1.29, 1.82) is 0 Å². The Morgan fingerprint density at radius 3 is 3.04 bits per heavy atom. The Morgan fingerprint density at radius 1 is 1.35 bits per heavy atom. The molecule has 4 nitrogen and oxygen atoms in total. The average Bonchev–Trinajstić information content (AvgIpc) is 3.12. The van der Waals surface area contributed by atoms with Crippen molar-refractivity contribution in [2.24, 2.45) is 0 Å². The van der Waals surface area contributed by atoms with Gasteiger partial charge in [-0.25, -0.2) is 0 Å². The lowest BCUT2D eigenvalue weighted by atomic mass is 9.65. The minimum absolute atomic E-state index is 0.00532. The third kappa shape index (κ3) is 2.02. The molecule has 0 unspecified atom stereocenters. The zero-order chi connectivity index (χ0) is 15.9. The summed E-state index contributed by atoms with van der Waals surface area (Å²) in [6, 6.07) is 8.98. The van der Waals surface area contributed by atoms with Crippen molar-refractivity contribution in [3.8, 4) is 0 Å². The van der Waals surface area contributed by atoms with Crippen LogP contribution in [0.1, 0.15) is 18.4 Å². The van der Waals surface area contributed by atoms with Crippen LogP contribution in [0.4, 0.5) is 5.69 Å². The molecule has 0 aromatic heterocycles. The number of carbonyl (C=O) groups excluding carboxylic acids is 1. The summed E-state index contributed by atoms with van der Waals surface area (Å²) in [5.41, 5.74) is 3.42. The first-order valence-corrected chi connectivity index (χ1v) is 8.32. The Bertz CT molecular complexity index is 682. The van der Waals surface area contributed by atoms with E-state index in [1.807, 2.05) is 6.08 Å². The van der Waals surface area contributed by atoms with Crippen molar-refractivity contribution in [3.63, 3.8) is 0 Å². The monoisotopic (exact) mass is 310 g/mol. The van der Waals surface area contributed by atoms with Crippen LogP contribution < -0.4 is 5.32 Å². The predicted octanol–water partition coefficient (Wildman–Crippen LogP) is 1.87. The van der Waals surface area contributed by atoms with Crippen molar-refractivity contribution in [1.82, 2.24) is 4.90 Å². The number of aliphatic hydroxyl groups is 1. The minimum atomic E-state index is -0.00532. The summed E-state index contributed by atoms with van der Waals surface area (Å²) >= 11 is 0. The number of rotatable bonds is 4. The third-order valence-electron chi connectivity index (χ3n) is 5.75. The summed E-state index contributed by atoms with van der Waals surface area (Å²) in [5, 5.41) is 12.6. The van der Waals surface area contributed by atoms with Gasteiger partial charge in [0.15, 0.2) is 0 Å². The molecule has 0 radical (unpaired) electrons. The first-order chi connectivity index (χ1) is 11.3. The molecule has 2 N–H and O–H groups in total. The molecular formula is C19H22N2O2. The van der Waals surface area contributed by atoms with Gasteiger partial charge in [0.2, 0.25) is 0 Å². The fourth-order valence-corrected chi connectivity index (χ4v) is 4.81. The molecule has 2 heterocycles. The molecule has 0 saturated carbocycles. The summed E-state index contributed by atoms with van der Waals surface area (Å²) < 4.78 is 0. The fraction of sp³-hybridized carbons (Fsp3) is 0.421. The molecule has 0 bridgehead atoms. The number of para-hydroxylation sites is 1. The van der Waals surface area contributed by atoms with E-state index < -0.39 is 0 Å². The highest BCUT2D eigenvalue weighted by molar-refractivity contribution is 5.81. The second-order valence-corrected chi connectivity index (χ2v) is 6.64. The fourth-order valence-electron chi connectivity index (χ4n) is 4.81. The molecule has 1 aliphatic carbocycles. The Morgan fingerprint density at radius 2 is 2.22 bits per heavy atom. The van der Waals surface area contributed by atoms with Crippen LogP contribution in [0.2, 0.25) is 0 Å². The lowest BCUT2D eigenvalue weighted by Gasteiger charge is -2.42. The Labute approximate surface area is 136 Å². The minimum Gasteiger partial charge on any atom is -0.392 e. The van der Waals surface area contributed by atoms with Gasteiger partial charge in [0.05, 0.1) is 12.6 Å². The number of aldehydes is 1. The van der Waals surface area contributed by atoms with Crippen molar-refractivity contribution in [2.45, 2.75) is 30.3 Å². The van der Waals surface area contributed by atoms with Crippen LogP contribution in [0, 0.1) is 0 Å². The molecule has 2 aliphatic heterocycles. The molecule has 1 spiro atoms. The van der Waals surface area contributed by atoms with E-state index in [9.17, 15) is 4.79 Å². The van der Waals surface area contributed by atoms with Crippen molar-refractivity contribution in [2.75, 3.05) is 25.0 Å². The first kappa shape index (κ1) is 14.7. The number of nitrogens with zero attached hydrogens (tertiary/aromatic N) is 1. The Kier molecular flexibility index (Phi) is 3.58. The molecule has 1 aromatic rings. The molecule has 3 atom stereocenters. The SMILES string of the molecule is O=CC1=CC[C@@H]2N(C/C=C/CO)CC[C@@]23c2ccccc2N[C@@H]13. The van der Waals surface area contributed by atoms with E-state index >= 15 is 0 Å². The highest BCUT2D eigenvalue weighted by Gasteiger charge is 2.58. The molecular weight excluding hydrogens is 288 g/mol. The van der Waals surface area contributed by atoms with E-state index in [2.05, 4.69) is 40.6 Å². The Balaban J connectivity index is 1.76. The van der Waals surface area contributed by atoms with Gasteiger partial charge in [-0.1, -0.05) is 36.4 Å². The Hall–Kier alpha value is -1.91. The number of hydrogen-bond donors (Lipinski definition) is 2. The van der Waals surface area contributed by atoms with Crippen molar-refractivity contribution < 1.29 is 9.90 Å². The molecule has 4 rings (SSSR count). The number of nitrogens with one attached hydrogen (secondary N) is 1. The van der Waals surface area contributed by atoms with Crippen LogP contribution in [-0.4, -0.2) is 48.1 Å². The summed E-state index contributed by atoms with van der Waals surface area (Å²) in [6.45, 7) is 1.96. The van der Waals surface area contributed by atoms with E-state index in [1.54, 1.807) is 6.08 Å². The van der Waals surface area contributed by atoms with E-state index in [1.165, 1.54) is 11.3 Å². The van der Waals surface area contributed by atoms with Gasteiger partial charge in [-0.15, -0.1) is 0 Å². The molecule has 1 fully saturated rings. The number of carbonyl (C=O) groups is 1. The molecule has 1 saturated heterocycles. The molecule has 1 aromatic carbocycles. The normalized spacial score (nSPS) is 32.1. The van der Waals surface area contributed by atoms with E-state index in [4.69, 9.17) is 5.11 Å². The van der Waals surface area contributed by atoms with Gasteiger partial charge < -0.3 is 10.4 Å². The maximum atomic E-state index is 11.6. The smallest absolute Gasteiger partial charge is 0.147 e.